The summed E-state index contributed by atoms with van der Waals surface area (Å²) in [6.45, 7) is 6.82. The summed E-state index contributed by atoms with van der Waals surface area (Å²) in [6.07, 6.45) is 1.12. The molecule has 2 amide bonds. The zero-order valence-corrected chi connectivity index (χ0v) is 19.0. The van der Waals surface area contributed by atoms with Crippen molar-refractivity contribution in [3.8, 4) is 0 Å². The number of hydrogen-bond donors (Lipinski definition) is 0. The summed E-state index contributed by atoms with van der Waals surface area (Å²) in [4.78, 5) is 52.9. The van der Waals surface area contributed by atoms with Crippen molar-refractivity contribution in [1.82, 2.24) is 4.90 Å². The molecule has 2 heterocycles. The van der Waals surface area contributed by atoms with E-state index in [9.17, 15) is 19.2 Å². The maximum atomic E-state index is 12.7. The topological polar surface area (TPSA) is 93.2 Å². The van der Waals surface area contributed by atoms with E-state index in [1.165, 1.54) is 5.56 Å². The van der Waals surface area contributed by atoms with Crippen molar-refractivity contribution in [2.45, 2.75) is 52.6 Å². The van der Waals surface area contributed by atoms with E-state index in [4.69, 9.17) is 9.47 Å². The van der Waals surface area contributed by atoms with Crippen LogP contribution in [0.2, 0.25) is 0 Å². The van der Waals surface area contributed by atoms with Crippen molar-refractivity contribution < 1.29 is 28.7 Å². The van der Waals surface area contributed by atoms with Gasteiger partial charge in [0, 0.05) is 31.7 Å². The third-order valence-corrected chi connectivity index (χ3v) is 6.18. The minimum Gasteiger partial charge on any atom is -0.466 e. The van der Waals surface area contributed by atoms with Crippen molar-refractivity contribution in [3.05, 3.63) is 29.8 Å². The maximum absolute atomic E-state index is 12.7. The Labute approximate surface area is 188 Å². The molecule has 3 rings (SSSR count). The van der Waals surface area contributed by atoms with Gasteiger partial charge in [0.15, 0.2) is 6.10 Å². The first-order valence-electron chi connectivity index (χ1n) is 11.4. The molecule has 2 aliphatic rings. The van der Waals surface area contributed by atoms with E-state index in [2.05, 4.69) is 6.92 Å². The van der Waals surface area contributed by atoms with Gasteiger partial charge in [-0.15, -0.1) is 0 Å². The highest BCUT2D eigenvalue weighted by Crippen LogP contribution is 2.27. The number of piperidine rings is 1. The van der Waals surface area contributed by atoms with Gasteiger partial charge in [-0.2, -0.15) is 0 Å². The third-order valence-electron chi connectivity index (χ3n) is 6.18. The van der Waals surface area contributed by atoms with Crippen molar-refractivity contribution in [1.29, 1.82) is 0 Å². The average molecular weight is 445 g/mol. The number of likely N-dealkylation sites (tertiary alicyclic amines) is 1. The Kier molecular flexibility index (Phi) is 7.88. The first-order chi connectivity index (χ1) is 15.3. The van der Waals surface area contributed by atoms with Gasteiger partial charge in [-0.3, -0.25) is 19.2 Å². The molecule has 1 aromatic rings. The van der Waals surface area contributed by atoms with E-state index < -0.39 is 18.0 Å². The van der Waals surface area contributed by atoms with Crippen LogP contribution in [-0.4, -0.2) is 61.0 Å². The molecule has 2 aliphatic heterocycles. The summed E-state index contributed by atoms with van der Waals surface area (Å²) in [5.74, 6) is -1.96. The standard InChI is InChI=1S/C24H32N2O6/c1-4-17-6-8-20(9-7-17)26-15-19(14-21(26)27)24(30)32-16(3)22(28)25-12-10-18(11-13-25)23(29)31-5-2/h6-9,16,18-19H,4-5,10-15H2,1-3H3/t16-,19-/m1/s1. The van der Waals surface area contributed by atoms with Crippen LogP contribution in [0, 0.1) is 11.8 Å². The van der Waals surface area contributed by atoms with Crippen LogP contribution in [0.5, 0.6) is 0 Å². The Hall–Kier alpha value is -2.90. The summed E-state index contributed by atoms with van der Waals surface area (Å²) in [7, 11) is 0. The normalized spacial score (nSPS) is 20.2. The van der Waals surface area contributed by atoms with E-state index >= 15 is 0 Å². The fraction of sp³-hybridized carbons (Fsp3) is 0.583. The van der Waals surface area contributed by atoms with Crippen molar-refractivity contribution in [2.75, 3.05) is 31.1 Å². The summed E-state index contributed by atoms with van der Waals surface area (Å²) >= 11 is 0. The number of ether oxygens (including phenoxy) is 2. The number of amides is 2. The molecular formula is C24H32N2O6. The van der Waals surface area contributed by atoms with Crippen molar-refractivity contribution in [3.63, 3.8) is 0 Å². The first kappa shape index (κ1) is 23.8. The van der Waals surface area contributed by atoms with Gasteiger partial charge in [0.25, 0.3) is 5.91 Å². The average Bonchev–Trinajstić information content (AvgIpc) is 3.20. The number of nitrogens with zero attached hydrogens (tertiary/aromatic N) is 2. The van der Waals surface area contributed by atoms with Gasteiger partial charge < -0.3 is 19.3 Å². The van der Waals surface area contributed by atoms with Gasteiger partial charge in [-0.25, -0.2) is 0 Å². The minimum absolute atomic E-state index is 0.0697. The Morgan fingerprint density at radius 3 is 2.28 bits per heavy atom. The summed E-state index contributed by atoms with van der Waals surface area (Å²) in [6, 6.07) is 7.72. The predicted octanol–water partition coefficient (Wildman–Crippen LogP) is 2.34. The van der Waals surface area contributed by atoms with Gasteiger partial charge in [0.05, 0.1) is 18.4 Å². The van der Waals surface area contributed by atoms with Crippen LogP contribution < -0.4 is 4.90 Å². The Bertz CT molecular complexity index is 845. The number of esters is 2. The van der Waals surface area contributed by atoms with Crippen LogP contribution in [-0.2, 0) is 35.1 Å². The zero-order chi connectivity index (χ0) is 23.3. The monoisotopic (exact) mass is 444 g/mol. The highest BCUT2D eigenvalue weighted by atomic mass is 16.5. The van der Waals surface area contributed by atoms with Gasteiger partial charge in [-0.1, -0.05) is 19.1 Å². The fourth-order valence-electron chi connectivity index (χ4n) is 4.20. The molecule has 0 bridgehead atoms. The van der Waals surface area contributed by atoms with Crippen LogP contribution in [0.25, 0.3) is 0 Å². The van der Waals surface area contributed by atoms with Gasteiger partial charge in [0.1, 0.15) is 0 Å². The number of anilines is 1. The number of aryl methyl sites for hydroxylation is 1. The quantitative estimate of drug-likeness (QED) is 0.600. The molecule has 1 aromatic carbocycles. The largest absolute Gasteiger partial charge is 0.466 e. The van der Waals surface area contributed by atoms with Gasteiger partial charge >= 0.3 is 11.9 Å². The number of hydrogen-bond acceptors (Lipinski definition) is 6. The van der Waals surface area contributed by atoms with E-state index in [1.54, 1.807) is 23.6 Å². The summed E-state index contributed by atoms with van der Waals surface area (Å²) < 4.78 is 10.5. The SMILES string of the molecule is CCOC(=O)C1CCN(C(=O)[C@@H](C)OC(=O)[C@@H]2CC(=O)N(c3ccc(CC)cc3)C2)CC1. The molecular weight excluding hydrogens is 412 g/mol. The molecule has 0 saturated carbocycles. The lowest BCUT2D eigenvalue weighted by atomic mass is 9.96. The van der Waals surface area contributed by atoms with Gasteiger partial charge in [0.2, 0.25) is 5.91 Å². The summed E-state index contributed by atoms with van der Waals surface area (Å²) in [5, 5.41) is 0. The molecule has 0 spiro atoms. The number of rotatable bonds is 7. The fourth-order valence-corrected chi connectivity index (χ4v) is 4.20. The zero-order valence-electron chi connectivity index (χ0n) is 19.0. The molecule has 0 N–H and O–H groups in total. The first-order valence-corrected chi connectivity index (χ1v) is 11.4. The van der Waals surface area contributed by atoms with E-state index in [0.29, 0.717) is 32.5 Å². The second-order valence-corrected chi connectivity index (χ2v) is 8.36. The molecule has 32 heavy (non-hydrogen) atoms. The second kappa shape index (κ2) is 10.6. The predicted molar refractivity (Wildman–Crippen MR) is 118 cm³/mol. The summed E-state index contributed by atoms with van der Waals surface area (Å²) in [5.41, 5.74) is 1.94. The lowest BCUT2D eigenvalue weighted by Crippen LogP contribution is -2.46. The van der Waals surface area contributed by atoms with Crippen LogP contribution in [0.15, 0.2) is 24.3 Å². The molecule has 8 nitrogen and oxygen atoms in total. The molecule has 2 atom stereocenters. The van der Waals surface area contributed by atoms with Crippen LogP contribution >= 0.6 is 0 Å². The highest BCUT2D eigenvalue weighted by Gasteiger charge is 2.38. The lowest BCUT2D eigenvalue weighted by Gasteiger charge is -2.32. The van der Waals surface area contributed by atoms with Crippen LogP contribution in [0.1, 0.15) is 45.6 Å². The molecule has 2 fully saturated rings. The molecule has 0 unspecified atom stereocenters. The molecule has 0 radical (unpaired) electrons. The smallest absolute Gasteiger partial charge is 0.312 e. The molecule has 8 heteroatoms. The number of carbonyl (C=O) groups is 4. The van der Waals surface area contributed by atoms with Crippen molar-refractivity contribution in [2.24, 2.45) is 11.8 Å². The molecule has 0 aliphatic carbocycles. The maximum Gasteiger partial charge on any atom is 0.312 e. The Morgan fingerprint density at radius 2 is 1.69 bits per heavy atom. The number of carbonyl (C=O) groups excluding carboxylic acids is 4. The highest BCUT2D eigenvalue weighted by molar-refractivity contribution is 5.99. The molecule has 0 aromatic heterocycles. The number of benzene rings is 1. The van der Waals surface area contributed by atoms with Crippen LogP contribution in [0.4, 0.5) is 5.69 Å². The molecule has 174 valence electrons. The Balaban J connectivity index is 1.50. The Morgan fingerprint density at radius 1 is 1.03 bits per heavy atom. The second-order valence-electron chi connectivity index (χ2n) is 8.36. The third kappa shape index (κ3) is 5.47. The van der Waals surface area contributed by atoms with Gasteiger partial charge in [-0.05, 0) is 50.8 Å². The van der Waals surface area contributed by atoms with Crippen molar-refractivity contribution >= 4 is 29.4 Å². The minimum atomic E-state index is -0.936. The lowest BCUT2D eigenvalue weighted by molar-refractivity contribution is -0.163. The van der Waals surface area contributed by atoms with E-state index in [0.717, 1.165) is 12.1 Å². The molecule has 2 saturated heterocycles. The van der Waals surface area contributed by atoms with Crippen LogP contribution in [0.3, 0.4) is 0 Å². The van der Waals surface area contributed by atoms with E-state index in [1.807, 2.05) is 24.3 Å². The van der Waals surface area contributed by atoms with E-state index in [-0.39, 0.29) is 36.7 Å².